The summed E-state index contributed by atoms with van der Waals surface area (Å²) < 4.78 is 6.03. The van der Waals surface area contributed by atoms with Gasteiger partial charge in [-0.25, -0.2) is 0 Å². The first kappa shape index (κ1) is 26.1. The Labute approximate surface area is 218 Å². The number of fused-ring (bicyclic) bond motifs is 3. The van der Waals surface area contributed by atoms with Crippen LogP contribution >= 0.6 is 0 Å². The predicted molar refractivity (Wildman–Crippen MR) is 131 cm³/mol. The summed E-state index contributed by atoms with van der Waals surface area (Å²) in [6.45, 7) is 9.42. The molecule has 0 bridgehead atoms. The molecule has 3 aromatic rings. The first-order valence-corrected chi connectivity index (χ1v) is 15.2. The second-order valence-corrected chi connectivity index (χ2v) is 15.4. The maximum Gasteiger partial charge on any atom is -1.00 e. The molecule has 0 spiro atoms. The number of benzene rings is 3. The summed E-state index contributed by atoms with van der Waals surface area (Å²) in [5.74, 6) is 0.531. The van der Waals surface area contributed by atoms with Crippen LogP contribution in [0, 0.1) is 11.3 Å². The Bertz CT molecular complexity index is 1240. The summed E-state index contributed by atoms with van der Waals surface area (Å²) in [6.07, 6.45) is 6.17. The fourth-order valence-corrected chi connectivity index (χ4v) is 12.0. The molecule has 0 saturated heterocycles. The zero-order chi connectivity index (χ0) is 21.6. The molecule has 3 aromatic carbocycles. The molecule has 3 heteroatoms. The molecule has 0 fully saturated rings. The van der Waals surface area contributed by atoms with E-state index in [-0.39, 0.29) is 30.2 Å². The maximum absolute atomic E-state index is 2.67. The van der Waals surface area contributed by atoms with E-state index in [2.05, 4.69) is 116 Å². The zero-order valence-corrected chi connectivity index (χ0v) is 23.7. The van der Waals surface area contributed by atoms with Crippen molar-refractivity contribution in [3.63, 3.8) is 0 Å². The van der Waals surface area contributed by atoms with Gasteiger partial charge in [-0.2, -0.15) is 0 Å². The van der Waals surface area contributed by atoms with Crippen LogP contribution in [0.15, 0.2) is 93.8 Å². The summed E-state index contributed by atoms with van der Waals surface area (Å²) >= 11 is -2.28. The molecule has 0 radical (unpaired) electrons. The van der Waals surface area contributed by atoms with Crippen LogP contribution in [-0.4, -0.2) is 3.71 Å². The topological polar surface area (TPSA) is 0 Å². The van der Waals surface area contributed by atoms with Gasteiger partial charge in [0, 0.05) is 0 Å². The maximum atomic E-state index is 2.67. The van der Waals surface area contributed by atoms with Gasteiger partial charge in [0.2, 0.25) is 0 Å². The minimum atomic E-state index is -2.28. The molecule has 0 amide bonds. The number of halogens is 2. The van der Waals surface area contributed by atoms with Crippen LogP contribution in [0.1, 0.15) is 44.4 Å². The molecule has 0 aliphatic heterocycles. The van der Waals surface area contributed by atoms with E-state index in [9.17, 15) is 0 Å². The van der Waals surface area contributed by atoms with Gasteiger partial charge in [0.1, 0.15) is 0 Å². The molecule has 0 N–H and O–H groups in total. The molecule has 168 valence electrons. The van der Waals surface area contributed by atoms with E-state index >= 15 is 0 Å². The van der Waals surface area contributed by atoms with Crippen LogP contribution in [0.4, 0.5) is 0 Å². The monoisotopic (exact) mass is 550 g/mol. The van der Waals surface area contributed by atoms with Gasteiger partial charge in [-0.1, -0.05) is 0 Å². The fraction of sp³-hybridized carbons (Fsp3) is 0.233. The molecule has 5 rings (SSSR count). The smallest absolute Gasteiger partial charge is 1.00 e. The molecule has 2 aliphatic rings. The van der Waals surface area contributed by atoms with Crippen molar-refractivity contribution < 1.29 is 46.1 Å². The zero-order valence-electron chi connectivity index (χ0n) is 19.7. The van der Waals surface area contributed by atoms with Gasteiger partial charge in [0.25, 0.3) is 0 Å². The van der Waals surface area contributed by atoms with Crippen molar-refractivity contribution in [2.75, 3.05) is 0 Å². The van der Waals surface area contributed by atoms with Crippen LogP contribution in [0.25, 0.3) is 11.1 Å². The van der Waals surface area contributed by atoms with Gasteiger partial charge in [-0.3, -0.25) is 0 Å². The Kier molecular flexibility index (Phi) is 8.21. The molecule has 0 saturated carbocycles. The fourth-order valence-electron chi connectivity index (χ4n) is 4.94. The quantitative estimate of drug-likeness (QED) is 0.354. The van der Waals surface area contributed by atoms with Crippen LogP contribution in [0.2, 0.25) is 0 Å². The van der Waals surface area contributed by atoms with Crippen LogP contribution < -0.4 is 28.1 Å². The standard InChI is InChI=1S/C13H9.C10H15.C7H6.2ClH.Zr/c1-3-7-12-10(5-1)9-11-6-2-4-8-13(11)12;1-8-5-6-9(7-8)10(2,3)4;1-7-5-3-2-4-6-7;;;/h1-5,7-8H,9H2;6-8H,1-4H3;1-6H;2*1H;/q;;;;;+2/p-2. The SMILES string of the molecule is CC1C=C(C(C)(C)C)C=[C]1/[Zr+2](=[CH]/c1ccccc1)[c]1cccc2c1Cc1ccccc1-2.[Cl-].[Cl-]. The Morgan fingerprint density at radius 3 is 2.18 bits per heavy atom. The minimum Gasteiger partial charge on any atom is -1.00 e. The van der Waals surface area contributed by atoms with E-state index in [1.165, 1.54) is 27.8 Å². The normalized spacial score (nSPS) is 16.2. The van der Waals surface area contributed by atoms with Crippen molar-refractivity contribution in [2.24, 2.45) is 11.3 Å². The predicted octanol–water partition coefficient (Wildman–Crippen LogP) is 0.866. The molecule has 0 nitrogen and oxygen atoms in total. The van der Waals surface area contributed by atoms with Crippen molar-refractivity contribution in [1.82, 2.24) is 0 Å². The average Bonchev–Trinajstić information content (AvgIpc) is 3.33. The summed E-state index contributed by atoms with van der Waals surface area (Å²) in [6, 6.07) is 27.0. The molecule has 0 aromatic heterocycles. The van der Waals surface area contributed by atoms with E-state index in [1.54, 1.807) is 12.1 Å². The third-order valence-corrected chi connectivity index (χ3v) is 13.8. The van der Waals surface area contributed by atoms with E-state index in [4.69, 9.17) is 0 Å². The van der Waals surface area contributed by atoms with E-state index in [1.807, 2.05) is 0 Å². The first-order valence-electron chi connectivity index (χ1n) is 11.3. The van der Waals surface area contributed by atoms with Crippen LogP contribution in [0.3, 0.4) is 0 Å². The molecule has 33 heavy (non-hydrogen) atoms. The summed E-state index contributed by atoms with van der Waals surface area (Å²) in [7, 11) is 0. The Morgan fingerprint density at radius 1 is 0.818 bits per heavy atom. The molecule has 1 unspecified atom stereocenters. The third-order valence-electron chi connectivity index (χ3n) is 6.66. The second kappa shape index (κ2) is 10.4. The van der Waals surface area contributed by atoms with Gasteiger partial charge < -0.3 is 24.8 Å². The third kappa shape index (κ3) is 5.12. The largest absolute Gasteiger partial charge is 1.00 e. The molecular formula is C30H30Cl2Zr. The Morgan fingerprint density at radius 2 is 1.48 bits per heavy atom. The number of rotatable bonds is 3. The molecule has 0 heterocycles. The number of hydrogen-bond donors (Lipinski definition) is 0. The van der Waals surface area contributed by atoms with E-state index < -0.39 is 21.3 Å². The summed E-state index contributed by atoms with van der Waals surface area (Å²) in [5.41, 5.74) is 9.04. The Balaban J connectivity index is 0.00000153. The van der Waals surface area contributed by atoms with Gasteiger partial charge in [0.15, 0.2) is 0 Å². The summed E-state index contributed by atoms with van der Waals surface area (Å²) in [5, 5.41) is 0. The van der Waals surface area contributed by atoms with Crippen molar-refractivity contribution in [2.45, 2.75) is 34.1 Å². The van der Waals surface area contributed by atoms with Gasteiger partial charge >= 0.3 is 195 Å². The van der Waals surface area contributed by atoms with E-state index in [0.29, 0.717) is 5.92 Å². The molecule has 1 atom stereocenters. The van der Waals surface area contributed by atoms with Gasteiger partial charge in [-0.15, -0.1) is 0 Å². The minimum absolute atomic E-state index is 0. The van der Waals surface area contributed by atoms with Crippen LogP contribution in [0.5, 0.6) is 0 Å². The van der Waals surface area contributed by atoms with Crippen molar-refractivity contribution in [3.8, 4) is 11.1 Å². The van der Waals surface area contributed by atoms with Gasteiger partial charge in [-0.05, 0) is 0 Å². The number of allylic oxidation sites excluding steroid dienone is 4. The molecule has 2 aliphatic carbocycles. The van der Waals surface area contributed by atoms with Crippen molar-refractivity contribution in [3.05, 3.63) is 110 Å². The molecular weight excluding hydrogens is 522 g/mol. The second-order valence-electron chi connectivity index (χ2n) is 9.89. The first-order chi connectivity index (χ1) is 14.9. The number of hydrogen-bond acceptors (Lipinski definition) is 0. The summed E-state index contributed by atoms with van der Waals surface area (Å²) in [4.78, 5) is 0. The van der Waals surface area contributed by atoms with Gasteiger partial charge in [0.05, 0.1) is 0 Å². The van der Waals surface area contributed by atoms with E-state index in [0.717, 1.165) is 6.42 Å². The van der Waals surface area contributed by atoms with Crippen molar-refractivity contribution in [1.29, 1.82) is 0 Å². The van der Waals surface area contributed by atoms with Crippen LogP contribution in [-0.2, 0) is 27.7 Å². The Hall–Kier alpha value is -1.53. The van der Waals surface area contributed by atoms with Crippen molar-refractivity contribution >= 4 is 6.98 Å². The average molecular weight is 553 g/mol.